The van der Waals surface area contributed by atoms with Gasteiger partial charge in [-0.1, -0.05) is 18.2 Å². The van der Waals surface area contributed by atoms with Crippen molar-refractivity contribution in [1.29, 1.82) is 0 Å². The summed E-state index contributed by atoms with van der Waals surface area (Å²) in [5.41, 5.74) is 5.81. The van der Waals surface area contributed by atoms with E-state index in [4.69, 9.17) is 4.42 Å². The Morgan fingerprint density at radius 1 is 1.14 bits per heavy atom. The van der Waals surface area contributed by atoms with Crippen LogP contribution in [-0.2, 0) is 9.59 Å². The molecule has 7 nitrogen and oxygen atoms in total. The molecule has 116 valence electrons. The molecule has 1 aromatic carbocycles. The summed E-state index contributed by atoms with van der Waals surface area (Å²) < 4.78 is 5.48. The van der Waals surface area contributed by atoms with Gasteiger partial charge in [0.25, 0.3) is 5.91 Å². The van der Waals surface area contributed by atoms with Crippen LogP contribution >= 0.6 is 0 Å². The summed E-state index contributed by atoms with van der Waals surface area (Å²) in [6, 6.07) is 6.52. The fourth-order valence-electron chi connectivity index (χ4n) is 2.04. The number of aryl methyl sites for hydroxylation is 1. The molecule has 0 radical (unpaired) electrons. The Kier molecular flexibility index (Phi) is 4.45. The van der Waals surface area contributed by atoms with Crippen LogP contribution in [0.5, 0.6) is 0 Å². The molecule has 0 spiro atoms. The molecule has 3 N–H and O–H groups in total. The molecule has 22 heavy (non-hydrogen) atoms. The molecule has 0 saturated carbocycles. The van der Waals surface area contributed by atoms with Crippen LogP contribution in [0.4, 0.5) is 0 Å². The molecular weight excluding hydrogens is 286 g/mol. The zero-order valence-electron chi connectivity index (χ0n) is 12.5. The Morgan fingerprint density at radius 3 is 2.45 bits per heavy atom. The van der Waals surface area contributed by atoms with E-state index < -0.39 is 17.9 Å². The van der Waals surface area contributed by atoms with Gasteiger partial charge in [0.2, 0.25) is 5.91 Å². The van der Waals surface area contributed by atoms with Crippen LogP contribution in [0.3, 0.4) is 0 Å². The van der Waals surface area contributed by atoms with Crippen molar-refractivity contribution in [3.05, 3.63) is 35.6 Å². The largest absolute Gasteiger partial charge is 0.451 e. The smallest absolute Gasteiger partial charge is 0.305 e. The number of para-hydroxylation sites is 1. The normalized spacial score (nSPS) is 11.8. The van der Waals surface area contributed by atoms with Gasteiger partial charge in [0.05, 0.1) is 0 Å². The predicted octanol–water partition coefficient (Wildman–Crippen LogP) is 1.03. The number of fused-ring (bicyclic) bond motifs is 1. The second-order valence-corrected chi connectivity index (χ2v) is 4.92. The number of carbonyl (C=O) groups is 3. The Morgan fingerprint density at radius 2 is 1.82 bits per heavy atom. The summed E-state index contributed by atoms with van der Waals surface area (Å²) in [5.74, 6) is -1.29. The third kappa shape index (κ3) is 3.25. The summed E-state index contributed by atoms with van der Waals surface area (Å²) in [7, 11) is 0. The number of hydrogen-bond donors (Lipinski definition) is 3. The quantitative estimate of drug-likeness (QED) is 0.737. The van der Waals surface area contributed by atoms with E-state index in [1.54, 1.807) is 13.0 Å². The maximum Gasteiger partial charge on any atom is 0.305 e. The number of carbonyl (C=O) groups excluding carboxylic acids is 3. The summed E-state index contributed by atoms with van der Waals surface area (Å²) >= 11 is 0. The van der Waals surface area contributed by atoms with Crippen LogP contribution in [0.2, 0.25) is 0 Å². The molecule has 0 aliphatic heterocycles. The van der Waals surface area contributed by atoms with Gasteiger partial charge in [-0.2, -0.15) is 0 Å². The third-order valence-corrected chi connectivity index (χ3v) is 3.16. The lowest BCUT2D eigenvalue weighted by atomic mass is 10.1. The van der Waals surface area contributed by atoms with Crippen molar-refractivity contribution >= 4 is 28.7 Å². The van der Waals surface area contributed by atoms with Gasteiger partial charge in [0.15, 0.2) is 5.76 Å². The fraction of sp³-hybridized carbons (Fsp3) is 0.267. The maximum absolute atomic E-state index is 12.1. The highest BCUT2D eigenvalue weighted by atomic mass is 16.3. The van der Waals surface area contributed by atoms with E-state index in [2.05, 4.69) is 16.2 Å². The highest BCUT2D eigenvalue weighted by Crippen LogP contribution is 2.24. The predicted molar refractivity (Wildman–Crippen MR) is 79.8 cm³/mol. The van der Waals surface area contributed by atoms with Crippen molar-refractivity contribution in [2.24, 2.45) is 0 Å². The molecule has 7 heteroatoms. The number of hydrogen-bond acceptors (Lipinski definition) is 4. The second-order valence-electron chi connectivity index (χ2n) is 4.92. The first kappa shape index (κ1) is 15.6. The summed E-state index contributed by atoms with van der Waals surface area (Å²) in [6.45, 7) is 4.58. The molecule has 1 aromatic heterocycles. The van der Waals surface area contributed by atoms with Crippen LogP contribution in [0.15, 0.2) is 28.7 Å². The van der Waals surface area contributed by atoms with Crippen molar-refractivity contribution in [2.75, 3.05) is 0 Å². The Balaban J connectivity index is 2.04. The minimum atomic E-state index is -0.755. The van der Waals surface area contributed by atoms with Gasteiger partial charge in [0, 0.05) is 17.9 Å². The van der Waals surface area contributed by atoms with Crippen molar-refractivity contribution in [2.45, 2.75) is 26.8 Å². The second kappa shape index (κ2) is 6.30. The SMILES string of the molecule is CC(=O)NC(C)C(=O)NNC(=O)c1oc2ccccc2c1C. The molecule has 1 heterocycles. The van der Waals surface area contributed by atoms with Crippen LogP contribution in [0.25, 0.3) is 11.0 Å². The van der Waals surface area contributed by atoms with E-state index in [1.165, 1.54) is 13.8 Å². The molecule has 2 aromatic rings. The minimum Gasteiger partial charge on any atom is -0.451 e. The van der Waals surface area contributed by atoms with Gasteiger partial charge in [-0.25, -0.2) is 0 Å². The lowest BCUT2D eigenvalue weighted by Crippen LogP contribution is -2.50. The molecule has 0 saturated heterocycles. The first-order valence-corrected chi connectivity index (χ1v) is 6.75. The van der Waals surface area contributed by atoms with Gasteiger partial charge in [-0.3, -0.25) is 25.2 Å². The minimum absolute atomic E-state index is 0.133. The molecule has 0 aliphatic rings. The van der Waals surface area contributed by atoms with Crippen molar-refractivity contribution < 1.29 is 18.8 Å². The number of benzene rings is 1. The third-order valence-electron chi connectivity index (χ3n) is 3.16. The van der Waals surface area contributed by atoms with E-state index >= 15 is 0 Å². The number of rotatable bonds is 3. The molecule has 0 aliphatic carbocycles. The zero-order chi connectivity index (χ0) is 16.3. The lowest BCUT2D eigenvalue weighted by molar-refractivity contribution is -0.128. The standard InChI is InChI=1S/C15H17N3O4/c1-8-11-6-4-5-7-12(11)22-13(8)15(21)18-17-14(20)9(2)16-10(3)19/h4-7,9H,1-3H3,(H,16,19)(H,17,20)(H,18,21). The van der Waals surface area contributed by atoms with Crippen molar-refractivity contribution in [3.8, 4) is 0 Å². The van der Waals surface area contributed by atoms with Crippen LogP contribution in [-0.4, -0.2) is 23.8 Å². The van der Waals surface area contributed by atoms with Crippen LogP contribution in [0, 0.1) is 6.92 Å². The molecular formula is C15H17N3O4. The topological polar surface area (TPSA) is 100 Å². The molecule has 0 bridgehead atoms. The number of furan rings is 1. The Labute approximate surface area is 127 Å². The lowest BCUT2D eigenvalue weighted by Gasteiger charge is -2.12. The highest BCUT2D eigenvalue weighted by molar-refractivity contribution is 5.99. The van der Waals surface area contributed by atoms with E-state index in [1.807, 2.05) is 18.2 Å². The molecule has 1 unspecified atom stereocenters. The average molecular weight is 303 g/mol. The Bertz CT molecular complexity index is 735. The Hall–Kier alpha value is -2.83. The highest BCUT2D eigenvalue weighted by Gasteiger charge is 2.19. The van der Waals surface area contributed by atoms with Gasteiger partial charge >= 0.3 is 5.91 Å². The van der Waals surface area contributed by atoms with Gasteiger partial charge in [0.1, 0.15) is 11.6 Å². The van der Waals surface area contributed by atoms with Gasteiger partial charge in [-0.15, -0.1) is 0 Å². The first-order valence-electron chi connectivity index (χ1n) is 6.75. The van der Waals surface area contributed by atoms with Gasteiger partial charge < -0.3 is 9.73 Å². The summed E-state index contributed by atoms with van der Waals surface area (Å²) in [5, 5.41) is 3.25. The van der Waals surface area contributed by atoms with Crippen molar-refractivity contribution in [3.63, 3.8) is 0 Å². The molecule has 0 fully saturated rings. The fourth-order valence-corrected chi connectivity index (χ4v) is 2.04. The van der Waals surface area contributed by atoms with E-state index in [0.29, 0.717) is 11.1 Å². The van der Waals surface area contributed by atoms with Crippen LogP contribution < -0.4 is 16.2 Å². The monoisotopic (exact) mass is 303 g/mol. The number of amides is 3. The first-order chi connectivity index (χ1) is 10.4. The van der Waals surface area contributed by atoms with E-state index in [-0.39, 0.29) is 11.7 Å². The maximum atomic E-state index is 12.1. The van der Waals surface area contributed by atoms with Gasteiger partial charge in [-0.05, 0) is 19.9 Å². The molecule has 1 atom stereocenters. The van der Waals surface area contributed by atoms with Crippen LogP contribution in [0.1, 0.15) is 30.0 Å². The number of hydrazine groups is 1. The average Bonchev–Trinajstić information content (AvgIpc) is 2.81. The van der Waals surface area contributed by atoms with Crippen molar-refractivity contribution in [1.82, 2.24) is 16.2 Å². The zero-order valence-corrected chi connectivity index (χ0v) is 12.5. The van der Waals surface area contributed by atoms with E-state index in [9.17, 15) is 14.4 Å². The number of nitrogens with one attached hydrogen (secondary N) is 3. The summed E-state index contributed by atoms with van der Waals surface area (Å²) in [6.07, 6.45) is 0. The molecule has 3 amide bonds. The van der Waals surface area contributed by atoms with E-state index in [0.717, 1.165) is 5.39 Å². The molecule has 2 rings (SSSR count). The summed E-state index contributed by atoms with van der Waals surface area (Å²) in [4.78, 5) is 34.6.